The predicted molar refractivity (Wildman–Crippen MR) is 105 cm³/mol. The summed E-state index contributed by atoms with van der Waals surface area (Å²) in [6.45, 7) is 7.69. The fourth-order valence-electron chi connectivity index (χ4n) is 2.73. The number of hydrogen-bond acceptors (Lipinski definition) is 2. The van der Waals surface area contributed by atoms with E-state index in [1.165, 1.54) is 19.3 Å². The zero-order chi connectivity index (χ0) is 18.9. The second-order valence-corrected chi connectivity index (χ2v) is 6.50. The van der Waals surface area contributed by atoms with E-state index in [1.807, 2.05) is 19.1 Å². The Morgan fingerprint density at radius 3 is 2.38 bits per heavy atom. The number of hydrogen-bond donors (Lipinski definition) is 0. The zero-order valence-electron chi connectivity index (χ0n) is 15.7. The van der Waals surface area contributed by atoms with Crippen molar-refractivity contribution in [2.75, 3.05) is 0 Å². The van der Waals surface area contributed by atoms with Crippen molar-refractivity contribution in [2.45, 2.75) is 52.4 Å². The van der Waals surface area contributed by atoms with Crippen molar-refractivity contribution in [1.82, 2.24) is 0 Å². The van der Waals surface area contributed by atoms with E-state index in [0.717, 1.165) is 24.0 Å². The van der Waals surface area contributed by atoms with Crippen LogP contribution in [0.3, 0.4) is 0 Å². The molecule has 0 aliphatic heterocycles. The Labute approximate surface area is 155 Å². The Morgan fingerprint density at radius 2 is 1.77 bits per heavy atom. The monoisotopic (exact) mass is 354 g/mol. The average molecular weight is 354 g/mol. The van der Waals surface area contributed by atoms with Crippen LogP contribution in [-0.4, -0.2) is 5.97 Å². The number of benzene rings is 2. The molecule has 0 aromatic heterocycles. The van der Waals surface area contributed by atoms with Crippen molar-refractivity contribution in [3.63, 3.8) is 0 Å². The van der Waals surface area contributed by atoms with Gasteiger partial charge in [0.25, 0.3) is 0 Å². The van der Waals surface area contributed by atoms with Gasteiger partial charge in [-0.1, -0.05) is 64.0 Å². The third-order valence-corrected chi connectivity index (χ3v) is 4.44. The number of carbonyl (C=O) groups is 1. The minimum atomic E-state index is -0.432. The smallest absolute Gasteiger partial charge is 0.338 e. The van der Waals surface area contributed by atoms with Gasteiger partial charge in [0.05, 0.1) is 0 Å². The summed E-state index contributed by atoms with van der Waals surface area (Å²) in [5, 5.41) is 0. The highest BCUT2D eigenvalue weighted by Gasteiger charge is 2.10. The summed E-state index contributed by atoms with van der Waals surface area (Å²) < 4.78 is 19.7. The maximum absolute atomic E-state index is 14.5. The molecule has 0 aliphatic carbocycles. The second kappa shape index (κ2) is 9.91. The number of esters is 1. The van der Waals surface area contributed by atoms with E-state index in [0.29, 0.717) is 23.3 Å². The second-order valence-electron chi connectivity index (χ2n) is 6.50. The van der Waals surface area contributed by atoms with Gasteiger partial charge in [-0.15, -0.1) is 0 Å². The van der Waals surface area contributed by atoms with Gasteiger partial charge in [0.2, 0.25) is 0 Å². The Morgan fingerprint density at radius 1 is 1.04 bits per heavy atom. The number of rotatable bonds is 9. The van der Waals surface area contributed by atoms with Crippen LogP contribution in [0.15, 0.2) is 54.6 Å². The molecule has 0 spiro atoms. The third-order valence-electron chi connectivity index (χ3n) is 4.44. The molecule has 26 heavy (non-hydrogen) atoms. The summed E-state index contributed by atoms with van der Waals surface area (Å²) in [7, 11) is 0. The van der Waals surface area contributed by atoms with E-state index in [4.69, 9.17) is 4.74 Å². The molecule has 0 radical (unpaired) electrons. The molecule has 0 saturated carbocycles. The maximum atomic E-state index is 14.5. The van der Waals surface area contributed by atoms with Crippen LogP contribution in [0.5, 0.6) is 5.75 Å². The minimum absolute atomic E-state index is 0.220. The molecule has 0 amide bonds. The van der Waals surface area contributed by atoms with Gasteiger partial charge >= 0.3 is 5.97 Å². The highest BCUT2D eigenvalue weighted by Crippen LogP contribution is 2.26. The molecule has 0 aliphatic rings. The quantitative estimate of drug-likeness (QED) is 0.223. The first kappa shape index (κ1) is 19.9. The fraction of sp³-hybridized carbons (Fsp3) is 0.348. The number of ether oxygens (including phenoxy) is 1. The Hall–Kier alpha value is -2.42. The first-order valence-corrected chi connectivity index (χ1v) is 9.34. The lowest BCUT2D eigenvalue weighted by Gasteiger charge is -2.09. The summed E-state index contributed by atoms with van der Waals surface area (Å²) in [4.78, 5) is 11.7. The van der Waals surface area contributed by atoms with E-state index in [2.05, 4.69) is 13.5 Å². The average Bonchev–Trinajstić information content (AvgIpc) is 2.65. The van der Waals surface area contributed by atoms with Gasteiger partial charge in [0.1, 0.15) is 11.6 Å². The summed E-state index contributed by atoms with van der Waals surface area (Å²) in [6, 6.07) is 12.3. The largest absolute Gasteiger partial charge is 0.423 e. The lowest BCUT2D eigenvalue weighted by Crippen LogP contribution is -2.09. The first-order chi connectivity index (χ1) is 12.5. The molecule has 3 heteroatoms. The van der Waals surface area contributed by atoms with Crippen LogP contribution in [0.4, 0.5) is 4.39 Å². The SMILES string of the molecule is C=C(CC)C(=O)Oc1ccc(-c2ccc(CCCCCC)cc2F)cc1. The molecular formula is C23H27FO2. The Kier molecular flexibility index (Phi) is 7.58. The van der Waals surface area contributed by atoms with Gasteiger partial charge < -0.3 is 4.74 Å². The van der Waals surface area contributed by atoms with Crippen LogP contribution in [0.1, 0.15) is 51.5 Å². The summed E-state index contributed by atoms with van der Waals surface area (Å²) in [5.74, 6) is -0.220. The van der Waals surface area contributed by atoms with Crippen molar-refractivity contribution in [3.8, 4) is 16.9 Å². The number of aryl methyl sites for hydroxylation is 1. The van der Waals surface area contributed by atoms with Crippen molar-refractivity contribution in [2.24, 2.45) is 0 Å². The Bertz CT molecular complexity index is 747. The van der Waals surface area contributed by atoms with Crippen molar-refractivity contribution in [3.05, 3.63) is 66.0 Å². The lowest BCUT2D eigenvalue weighted by atomic mass is 10.0. The molecule has 2 aromatic carbocycles. The highest BCUT2D eigenvalue weighted by molar-refractivity contribution is 5.89. The molecule has 0 heterocycles. The molecule has 2 rings (SSSR count). The van der Waals surface area contributed by atoms with Crippen molar-refractivity contribution in [1.29, 1.82) is 0 Å². The van der Waals surface area contributed by atoms with Crippen LogP contribution in [0.2, 0.25) is 0 Å². The molecule has 0 N–H and O–H groups in total. The molecule has 2 nitrogen and oxygen atoms in total. The summed E-state index contributed by atoms with van der Waals surface area (Å²) >= 11 is 0. The minimum Gasteiger partial charge on any atom is -0.423 e. The van der Waals surface area contributed by atoms with E-state index in [1.54, 1.807) is 30.3 Å². The number of halogens is 1. The molecular weight excluding hydrogens is 327 g/mol. The number of carbonyl (C=O) groups excluding carboxylic acids is 1. The van der Waals surface area contributed by atoms with Gasteiger partial charge in [0.15, 0.2) is 0 Å². The van der Waals surface area contributed by atoms with Gasteiger partial charge in [-0.3, -0.25) is 0 Å². The van der Waals surface area contributed by atoms with Gasteiger partial charge in [-0.05, 0) is 48.6 Å². The van der Waals surface area contributed by atoms with Gasteiger partial charge in [0, 0.05) is 11.1 Å². The lowest BCUT2D eigenvalue weighted by molar-refractivity contribution is -0.130. The molecule has 0 bridgehead atoms. The summed E-state index contributed by atoms with van der Waals surface area (Å²) in [5.41, 5.74) is 2.77. The van der Waals surface area contributed by atoms with E-state index in [9.17, 15) is 9.18 Å². The van der Waals surface area contributed by atoms with Crippen molar-refractivity contribution >= 4 is 5.97 Å². The van der Waals surface area contributed by atoms with Gasteiger partial charge in [-0.25, -0.2) is 9.18 Å². The molecule has 0 saturated heterocycles. The molecule has 0 unspecified atom stereocenters. The third kappa shape index (κ3) is 5.55. The van der Waals surface area contributed by atoms with Crippen LogP contribution in [0, 0.1) is 5.82 Å². The fourth-order valence-corrected chi connectivity index (χ4v) is 2.73. The van der Waals surface area contributed by atoms with E-state index < -0.39 is 5.97 Å². The molecule has 0 atom stereocenters. The van der Waals surface area contributed by atoms with E-state index >= 15 is 0 Å². The van der Waals surface area contributed by atoms with Crippen molar-refractivity contribution < 1.29 is 13.9 Å². The van der Waals surface area contributed by atoms with E-state index in [-0.39, 0.29) is 5.82 Å². The zero-order valence-corrected chi connectivity index (χ0v) is 15.7. The van der Waals surface area contributed by atoms with Crippen LogP contribution in [-0.2, 0) is 11.2 Å². The standard InChI is InChI=1S/C23H27FO2/c1-4-6-7-8-9-18-10-15-21(22(24)16-18)19-11-13-20(14-12-19)26-23(25)17(3)5-2/h10-16H,3-9H2,1-2H3. The predicted octanol–water partition coefficient (Wildman–Crippen LogP) is 6.49. The maximum Gasteiger partial charge on any atom is 0.338 e. The van der Waals surface area contributed by atoms with Crippen LogP contribution < -0.4 is 4.74 Å². The number of unbranched alkanes of at least 4 members (excludes halogenated alkanes) is 3. The molecule has 0 fully saturated rings. The molecule has 138 valence electrons. The Balaban J connectivity index is 2.04. The van der Waals surface area contributed by atoms with Crippen LogP contribution in [0.25, 0.3) is 11.1 Å². The van der Waals surface area contributed by atoms with Crippen LogP contribution >= 0.6 is 0 Å². The summed E-state index contributed by atoms with van der Waals surface area (Å²) in [6.07, 6.45) is 6.16. The van der Waals surface area contributed by atoms with Gasteiger partial charge in [-0.2, -0.15) is 0 Å². The topological polar surface area (TPSA) is 26.3 Å². The molecule has 2 aromatic rings. The first-order valence-electron chi connectivity index (χ1n) is 9.34. The normalized spacial score (nSPS) is 10.6. The highest BCUT2D eigenvalue weighted by atomic mass is 19.1.